The van der Waals surface area contributed by atoms with Crippen molar-refractivity contribution >= 4 is 127 Å². The fraction of sp³-hybridized carbons (Fsp3) is 0.500. The highest BCUT2D eigenvalue weighted by molar-refractivity contribution is 7.15. The summed E-state index contributed by atoms with van der Waals surface area (Å²) in [6, 6.07) is 36.4. The Balaban J connectivity index is 0.00000106. The molecular formula is C80H115FO6S9. The summed E-state index contributed by atoms with van der Waals surface area (Å²) >= 11 is 15.0. The Morgan fingerprint density at radius 1 is 0.396 bits per heavy atom. The first kappa shape index (κ1) is 89.4. The Morgan fingerprint density at radius 3 is 0.906 bits per heavy atom. The second-order valence-electron chi connectivity index (χ2n) is 31.9. The topological polar surface area (TPSA) is 94.6 Å². The predicted octanol–water partition coefficient (Wildman–Crippen LogP) is 27.4. The Bertz CT molecular complexity index is 3390. The van der Waals surface area contributed by atoms with E-state index in [2.05, 4.69) is 262 Å². The molecule has 9 rings (SSSR count). The quantitative estimate of drug-likeness (QED) is 0.129. The van der Waals surface area contributed by atoms with Crippen LogP contribution in [0.5, 0.6) is 5.06 Å². The van der Waals surface area contributed by atoms with E-state index in [1.54, 1.807) is 40.9 Å². The summed E-state index contributed by atoms with van der Waals surface area (Å²) in [6.07, 6.45) is 1.15. The summed E-state index contributed by atoms with van der Waals surface area (Å²) in [6.45, 7) is 67.5. The number of aryl methyl sites for hydroxylation is 3. The molecule has 0 amide bonds. The zero-order valence-corrected chi connectivity index (χ0v) is 71.0. The molecule has 0 aliphatic rings. The van der Waals surface area contributed by atoms with Gasteiger partial charge in [0, 0.05) is 58.5 Å². The molecule has 0 fully saturated rings. The van der Waals surface area contributed by atoms with Crippen LogP contribution in [0.1, 0.15) is 273 Å². The van der Waals surface area contributed by atoms with Crippen LogP contribution in [-0.4, -0.2) is 24.7 Å². The van der Waals surface area contributed by atoms with Crippen molar-refractivity contribution in [2.24, 2.45) is 0 Å². The van der Waals surface area contributed by atoms with E-state index in [1.807, 2.05) is 99.9 Å². The van der Waals surface area contributed by atoms with Crippen molar-refractivity contribution in [3.63, 3.8) is 0 Å². The van der Waals surface area contributed by atoms with Crippen LogP contribution in [0.15, 0.2) is 120 Å². The molecule has 0 N–H and O–H groups in total. The lowest BCUT2D eigenvalue weighted by molar-refractivity contribution is -0.191. The van der Waals surface area contributed by atoms with E-state index in [9.17, 15) is 18.8 Å². The molecule has 0 bridgehead atoms. The highest BCUT2D eigenvalue weighted by Crippen LogP contribution is 2.36. The molecule has 0 radical (unpaired) electrons. The highest BCUT2D eigenvalue weighted by atomic mass is 32.1. The van der Waals surface area contributed by atoms with Gasteiger partial charge in [-0.3, -0.25) is 14.4 Å². The Hall–Kier alpha value is -4.58. The molecule has 16 heteroatoms. The Labute approximate surface area is 617 Å². The van der Waals surface area contributed by atoms with Crippen molar-refractivity contribution in [3.8, 4) is 5.06 Å². The summed E-state index contributed by atoms with van der Waals surface area (Å²) in [4.78, 5) is 65.6. The summed E-state index contributed by atoms with van der Waals surface area (Å²) in [5.74, 6) is 0.163. The molecule has 0 aromatic carbocycles. The lowest BCUT2D eigenvalue weighted by Gasteiger charge is -2.15. The number of hydrogen-bond acceptors (Lipinski definition) is 15. The fourth-order valence-electron chi connectivity index (χ4n) is 7.16. The number of rotatable bonds is 4. The molecule has 0 spiro atoms. The first-order valence-electron chi connectivity index (χ1n) is 32.4. The number of aldehydes is 1. The smallest absolute Gasteiger partial charge is 0.373 e. The van der Waals surface area contributed by atoms with E-state index >= 15 is 0 Å². The molecular weight excluding hydrogens is 1360 g/mol. The predicted molar refractivity (Wildman–Crippen MR) is 428 cm³/mol. The molecule has 9 aromatic rings. The van der Waals surface area contributed by atoms with Gasteiger partial charge in [-0.15, -0.1) is 102 Å². The third-order valence-electron chi connectivity index (χ3n) is 12.9. The van der Waals surface area contributed by atoms with Crippen LogP contribution >= 0.6 is 102 Å². The summed E-state index contributed by atoms with van der Waals surface area (Å²) in [5.41, 5.74) is 2.11. The van der Waals surface area contributed by atoms with Gasteiger partial charge in [-0.25, -0.2) is 0 Å². The lowest BCUT2D eigenvalue weighted by Crippen LogP contribution is -2.07. The summed E-state index contributed by atoms with van der Waals surface area (Å²) in [5, 5.41) is 3.35. The molecule has 0 aliphatic carbocycles. The minimum atomic E-state index is -0.0927. The Kier molecular flexibility index (Phi) is 37.8. The van der Waals surface area contributed by atoms with Gasteiger partial charge < -0.3 is 4.74 Å². The normalized spacial score (nSPS) is 11.6. The van der Waals surface area contributed by atoms with Crippen LogP contribution in [0, 0.1) is 25.9 Å². The van der Waals surface area contributed by atoms with Gasteiger partial charge in [0.2, 0.25) is 0 Å². The fourth-order valence-corrected chi connectivity index (χ4v) is 15.0. The van der Waals surface area contributed by atoms with Gasteiger partial charge in [0.15, 0.2) is 22.3 Å². The van der Waals surface area contributed by atoms with Crippen molar-refractivity contribution in [3.05, 3.63) is 193 Å². The van der Waals surface area contributed by atoms with E-state index in [-0.39, 0.29) is 44.1 Å². The summed E-state index contributed by atoms with van der Waals surface area (Å²) < 4.78 is 24.5. The SMILES string of the molecule is CC(=O)c1ccc(C(C)(C)C)s1.CC(C)(C)c1ccc(C=O)s1.CC(C)(C)c1ccc(OC=O)s1.CC(C)(C)c1ccc([11CH3])s1.CC(C)(C)c1ccc([18F])s1.CC(C)(C)c1cccs1.Cc1ccc(C(C)(C)C)s1.Cc1ccc(C(C)(C)C)s1.O=C=O.[3H]c1ccc(C(C)(C)C)s1. The summed E-state index contributed by atoms with van der Waals surface area (Å²) in [7, 11) is 0. The lowest BCUT2D eigenvalue weighted by atomic mass is 9.95. The minimum absolute atomic E-state index is 0.0923. The third kappa shape index (κ3) is 38.1. The van der Waals surface area contributed by atoms with E-state index in [0.717, 1.165) is 20.9 Å². The molecule has 0 saturated heterocycles. The highest BCUT2D eigenvalue weighted by Gasteiger charge is 2.21. The van der Waals surface area contributed by atoms with E-state index in [0.29, 0.717) is 38.6 Å². The molecule has 532 valence electrons. The first-order valence-corrected chi connectivity index (χ1v) is 39.4. The molecule has 9 aromatic heterocycles. The van der Waals surface area contributed by atoms with Crippen molar-refractivity contribution in [1.29, 1.82) is 0 Å². The van der Waals surface area contributed by atoms with Crippen LogP contribution in [-0.2, 0) is 63.1 Å². The molecule has 0 saturated carbocycles. The van der Waals surface area contributed by atoms with Gasteiger partial charge in [0.1, 0.15) is 0 Å². The van der Waals surface area contributed by atoms with Gasteiger partial charge in [0.05, 0.1) is 11.1 Å². The van der Waals surface area contributed by atoms with Crippen molar-refractivity contribution in [1.82, 2.24) is 0 Å². The van der Waals surface area contributed by atoms with Crippen LogP contribution < -0.4 is 4.74 Å². The number of carbonyl (C=O) groups is 3. The van der Waals surface area contributed by atoms with Crippen LogP contribution in [0.4, 0.5) is 4.39 Å². The number of ketones is 1. The molecule has 0 aliphatic heterocycles. The molecule has 9 heterocycles. The second-order valence-corrected chi connectivity index (χ2v) is 41.9. The van der Waals surface area contributed by atoms with Crippen molar-refractivity contribution in [2.45, 2.75) is 263 Å². The second kappa shape index (κ2) is 40.6. The molecule has 0 unspecified atom stereocenters. The number of ether oxygens (including phenoxy) is 1. The largest absolute Gasteiger partial charge is 0.418 e. The zero-order chi connectivity index (χ0) is 75.5. The van der Waals surface area contributed by atoms with Gasteiger partial charge in [-0.2, -0.15) is 14.0 Å². The maximum atomic E-state index is 12.5. The maximum Gasteiger partial charge on any atom is 0.373 e. The average molecular weight is 1480 g/mol. The van der Waals surface area contributed by atoms with E-state index in [1.165, 1.54) is 82.4 Å². The van der Waals surface area contributed by atoms with Crippen molar-refractivity contribution in [2.75, 3.05) is 0 Å². The molecule has 6 nitrogen and oxygen atoms in total. The third-order valence-corrected chi connectivity index (χ3v) is 25.4. The number of Topliss-reactive ketones (excluding diaryl/α,β-unsaturated/α-hetero) is 1. The van der Waals surface area contributed by atoms with E-state index in [4.69, 9.17) is 15.7 Å². The molecule has 96 heavy (non-hydrogen) atoms. The standard InChI is InChI=1S/C10H14OS.C9H12O2S.C9H12OS.3C9H14S.C8H11FS.2C8H12S.CO2/c1-7(11)8-5-6-9(12-8)10(2,3)4;1-9(2,3)7-4-5-8(12-7)11-6-10;1-9(2,3)8-5-4-7(6-10)11-8;3*1-7-5-6-8(10-7)9(2,3)4;1-8(2,3)6-4-5-7(9)10-6;2*1-8(2,3)7-5-4-6-9-7;2-1-3/h5-6H,1-4H3;4-6H,1-3H3;4-6H,1-3H3;3*5-6H,1-4H3;4-5H,1-3H3;2*4-6H,1-3H3;/i;;;1-1;;;9-1;6T;;. The first-order chi connectivity index (χ1) is 44.0. The zero-order valence-electron chi connectivity index (χ0n) is 64.6. The van der Waals surface area contributed by atoms with Crippen LogP contribution in [0.3, 0.4) is 0 Å². The monoisotopic (exact) mass is 1480 g/mol. The number of carbonyl (C=O) groups excluding carboxylic acids is 5. The van der Waals surface area contributed by atoms with Gasteiger partial charge in [0.25, 0.3) is 6.47 Å². The maximum absolute atomic E-state index is 12.5. The van der Waals surface area contributed by atoms with Crippen LogP contribution in [0.2, 0.25) is 0 Å². The average Bonchev–Trinajstić information content (AvgIpc) is 1.77. The van der Waals surface area contributed by atoms with Gasteiger partial charge in [-0.05, 0) is 184 Å². The van der Waals surface area contributed by atoms with Gasteiger partial charge in [-0.1, -0.05) is 199 Å². The number of hydrogen-bond donors (Lipinski definition) is 0. The van der Waals surface area contributed by atoms with Crippen LogP contribution in [0.25, 0.3) is 0 Å². The Morgan fingerprint density at radius 2 is 0.708 bits per heavy atom. The van der Waals surface area contributed by atoms with Gasteiger partial charge >= 0.3 is 6.15 Å². The minimum Gasteiger partial charge on any atom is -0.418 e. The number of thiophene rings is 9. The molecule has 0 atom stereocenters. The van der Waals surface area contributed by atoms with E-state index < -0.39 is 0 Å². The number of halogens is 1. The van der Waals surface area contributed by atoms with Crippen molar-refractivity contribution < 1.29 is 34.5 Å².